The van der Waals surface area contributed by atoms with Crippen molar-refractivity contribution in [1.29, 1.82) is 0 Å². The van der Waals surface area contributed by atoms with Crippen LogP contribution in [0.1, 0.15) is 96.3 Å². The Bertz CT molecular complexity index is 401. The fourth-order valence-electron chi connectivity index (χ4n) is 3.95. The van der Waals surface area contributed by atoms with Gasteiger partial charge in [-0.05, 0) is 64.2 Å². The average molecular weight is 413 g/mol. The Hall–Kier alpha value is -1.14. The summed E-state index contributed by atoms with van der Waals surface area (Å²) in [5.41, 5.74) is 0. The molecule has 6 nitrogen and oxygen atoms in total. The van der Waals surface area contributed by atoms with Crippen LogP contribution in [0.25, 0.3) is 0 Å². The summed E-state index contributed by atoms with van der Waals surface area (Å²) in [5.74, 6) is -0.187. The van der Waals surface area contributed by atoms with E-state index in [0.29, 0.717) is 38.3 Å². The predicted molar refractivity (Wildman–Crippen MR) is 111 cm³/mol. The van der Waals surface area contributed by atoms with E-state index in [2.05, 4.69) is 0 Å². The Morgan fingerprint density at radius 3 is 1.52 bits per heavy atom. The van der Waals surface area contributed by atoms with Gasteiger partial charge in [-0.25, -0.2) is 0 Å². The highest BCUT2D eigenvalue weighted by molar-refractivity contribution is 5.69. The normalized spacial score (nSPS) is 21.4. The molecule has 6 heteroatoms. The van der Waals surface area contributed by atoms with Crippen LogP contribution >= 0.6 is 0 Å². The molecule has 2 aliphatic rings. The number of unbranched alkanes of at least 4 members (excludes halogenated alkanes) is 4. The second-order valence-corrected chi connectivity index (χ2v) is 8.26. The topological polar surface area (TPSA) is 71.1 Å². The van der Waals surface area contributed by atoms with E-state index in [1.165, 1.54) is 0 Å². The van der Waals surface area contributed by atoms with Crippen molar-refractivity contribution < 1.29 is 28.5 Å². The smallest absolute Gasteiger partial charge is 0.305 e. The van der Waals surface area contributed by atoms with E-state index in [0.717, 1.165) is 96.7 Å². The molecule has 2 rings (SSSR count). The highest BCUT2D eigenvalue weighted by Crippen LogP contribution is 2.17. The first-order chi connectivity index (χ1) is 14.2. The molecule has 2 atom stereocenters. The zero-order valence-corrected chi connectivity index (χ0v) is 18.0. The van der Waals surface area contributed by atoms with Crippen LogP contribution < -0.4 is 0 Å². The number of carbonyl (C=O) groups is 2. The van der Waals surface area contributed by atoms with Gasteiger partial charge in [-0.15, -0.1) is 0 Å². The number of rotatable bonds is 16. The third-order valence-electron chi connectivity index (χ3n) is 5.68. The maximum atomic E-state index is 11.7. The first-order valence-electron chi connectivity index (χ1n) is 11.8. The lowest BCUT2D eigenvalue weighted by atomic mass is 10.1. The van der Waals surface area contributed by atoms with E-state index in [1.54, 1.807) is 0 Å². The molecule has 0 saturated carbocycles. The SMILES string of the molecule is O=C(CCCCCCCC(=O)OCCC[C@@H]1CCCO1)OCCC[C@@H]1CCCO1. The molecule has 2 fully saturated rings. The quantitative estimate of drug-likeness (QED) is 0.270. The largest absolute Gasteiger partial charge is 0.466 e. The zero-order chi connectivity index (χ0) is 20.6. The standard InChI is InChI=1S/C23H40O6/c24-22(28-18-8-12-20-10-6-16-26-20)14-4-2-1-3-5-15-23(25)29-19-9-13-21-11-7-17-27-21/h20-21H,1-19H2/t20-,21-/m0/s1. The maximum absolute atomic E-state index is 11.7. The summed E-state index contributed by atoms with van der Waals surface area (Å²) in [6.07, 6.45) is 14.8. The monoisotopic (exact) mass is 412 g/mol. The Morgan fingerprint density at radius 2 is 1.10 bits per heavy atom. The van der Waals surface area contributed by atoms with E-state index in [9.17, 15) is 9.59 Å². The maximum Gasteiger partial charge on any atom is 0.305 e. The highest BCUT2D eigenvalue weighted by atomic mass is 16.5. The molecule has 0 bridgehead atoms. The molecule has 2 heterocycles. The van der Waals surface area contributed by atoms with Crippen LogP contribution in [0.5, 0.6) is 0 Å². The van der Waals surface area contributed by atoms with Crippen LogP contribution in [0.2, 0.25) is 0 Å². The molecule has 168 valence electrons. The van der Waals surface area contributed by atoms with Crippen LogP contribution in [0.4, 0.5) is 0 Å². The Balaban J connectivity index is 1.29. The summed E-state index contributed by atoms with van der Waals surface area (Å²) in [5, 5.41) is 0. The van der Waals surface area contributed by atoms with Gasteiger partial charge in [0, 0.05) is 26.1 Å². The third kappa shape index (κ3) is 12.2. The molecule has 0 N–H and O–H groups in total. The van der Waals surface area contributed by atoms with E-state index in [1.807, 2.05) is 0 Å². The van der Waals surface area contributed by atoms with Crippen LogP contribution in [0.3, 0.4) is 0 Å². The van der Waals surface area contributed by atoms with Gasteiger partial charge < -0.3 is 18.9 Å². The van der Waals surface area contributed by atoms with E-state index in [-0.39, 0.29) is 11.9 Å². The number of hydrogen-bond donors (Lipinski definition) is 0. The summed E-state index contributed by atoms with van der Waals surface area (Å²) >= 11 is 0. The second-order valence-electron chi connectivity index (χ2n) is 8.26. The molecule has 0 unspecified atom stereocenters. The third-order valence-corrected chi connectivity index (χ3v) is 5.68. The summed E-state index contributed by atoms with van der Waals surface area (Å²) < 4.78 is 21.7. The lowest BCUT2D eigenvalue weighted by Gasteiger charge is -2.09. The van der Waals surface area contributed by atoms with Crippen molar-refractivity contribution in [3.8, 4) is 0 Å². The van der Waals surface area contributed by atoms with Crippen LogP contribution in [0, 0.1) is 0 Å². The Labute approximate surface area is 176 Å². The van der Waals surface area contributed by atoms with Crippen LogP contribution in [0.15, 0.2) is 0 Å². The van der Waals surface area contributed by atoms with Gasteiger partial charge in [0.25, 0.3) is 0 Å². The molecular formula is C23H40O6. The van der Waals surface area contributed by atoms with Crippen molar-refractivity contribution in [2.75, 3.05) is 26.4 Å². The molecule has 2 aliphatic heterocycles. The molecule has 0 aromatic heterocycles. The summed E-state index contributed by atoms with van der Waals surface area (Å²) in [6.45, 7) is 2.77. The molecule has 29 heavy (non-hydrogen) atoms. The van der Waals surface area contributed by atoms with Gasteiger partial charge in [-0.3, -0.25) is 9.59 Å². The second kappa shape index (κ2) is 15.7. The van der Waals surface area contributed by atoms with Gasteiger partial charge in [-0.2, -0.15) is 0 Å². The number of hydrogen-bond acceptors (Lipinski definition) is 6. The molecule has 0 aliphatic carbocycles. The minimum atomic E-state index is -0.0936. The van der Waals surface area contributed by atoms with E-state index >= 15 is 0 Å². The average Bonchev–Trinajstić information content (AvgIpc) is 3.42. The number of carbonyl (C=O) groups excluding carboxylic acids is 2. The molecule has 0 radical (unpaired) electrons. The molecular weight excluding hydrogens is 372 g/mol. The Kier molecular flexibility index (Phi) is 13.0. The Morgan fingerprint density at radius 1 is 0.655 bits per heavy atom. The predicted octanol–water partition coefficient (Wildman–Crippen LogP) is 4.72. The van der Waals surface area contributed by atoms with Crippen LogP contribution in [-0.2, 0) is 28.5 Å². The molecule has 0 amide bonds. The fourth-order valence-corrected chi connectivity index (χ4v) is 3.95. The minimum absolute atomic E-state index is 0.0936. The number of ether oxygens (including phenoxy) is 4. The summed E-state index contributed by atoms with van der Waals surface area (Å²) in [4.78, 5) is 23.4. The van der Waals surface area contributed by atoms with Crippen molar-refractivity contribution >= 4 is 11.9 Å². The zero-order valence-electron chi connectivity index (χ0n) is 18.0. The highest BCUT2D eigenvalue weighted by Gasteiger charge is 2.15. The van der Waals surface area contributed by atoms with Gasteiger partial charge in [0.05, 0.1) is 25.4 Å². The first-order valence-corrected chi connectivity index (χ1v) is 11.8. The van der Waals surface area contributed by atoms with Crippen molar-refractivity contribution in [1.82, 2.24) is 0 Å². The lowest BCUT2D eigenvalue weighted by molar-refractivity contribution is -0.144. The molecule has 0 spiro atoms. The van der Waals surface area contributed by atoms with Crippen molar-refractivity contribution in [3.63, 3.8) is 0 Å². The summed E-state index contributed by atoms with van der Waals surface area (Å²) in [6, 6.07) is 0. The lowest BCUT2D eigenvalue weighted by Crippen LogP contribution is -2.10. The van der Waals surface area contributed by atoms with Gasteiger partial charge in [0.1, 0.15) is 0 Å². The van der Waals surface area contributed by atoms with Crippen LogP contribution in [-0.4, -0.2) is 50.6 Å². The van der Waals surface area contributed by atoms with Crippen molar-refractivity contribution in [2.45, 2.75) is 109 Å². The molecule has 2 saturated heterocycles. The van der Waals surface area contributed by atoms with Crippen molar-refractivity contribution in [2.24, 2.45) is 0 Å². The van der Waals surface area contributed by atoms with E-state index < -0.39 is 0 Å². The molecule has 0 aromatic rings. The van der Waals surface area contributed by atoms with Gasteiger partial charge >= 0.3 is 11.9 Å². The van der Waals surface area contributed by atoms with E-state index in [4.69, 9.17) is 18.9 Å². The van der Waals surface area contributed by atoms with Crippen molar-refractivity contribution in [3.05, 3.63) is 0 Å². The fraction of sp³-hybridized carbons (Fsp3) is 0.913. The first kappa shape index (κ1) is 24.1. The summed E-state index contributed by atoms with van der Waals surface area (Å²) in [7, 11) is 0. The van der Waals surface area contributed by atoms with Gasteiger partial charge in [0.2, 0.25) is 0 Å². The molecule has 0 aromatic carbocycles. The number of esters is 2. The van der Waals surface area contributed by atoms with Gasteiger partial charge in [0.15, 0.2) is 0 Å². The van der Waals surface area contributed by atoms with Gasteiger partial charge in [-0.1, -0.05) is 19.3 Å². The minimum Gasteiger partial charge on any atom is -0.466 e.